The zero-order valence-electron chi connectivity index (χ0n) is 11.1. The van der Waals surface area contributed by atoms with Crippen molar-refractivity contribution in [2.24, 2.45) is 0 Å². The van der Waals surface area contributed by atoms with Gasteiger partial charge < -0.3 is 10.6 Å². The lowest BCUT2D eigenvalue weighted by Gasteiger charge is -2.17. The van der Waals surface area contributed by atoms with E-state index in [0.29, 0.717) is 5.11 Å². The Balaban J connectivity index is 1.95. The standard InChI is InChI=1S/C15H17N3S/c1-11-4-3-5-14(10-11)18-15(19)17-12(2)13-6-8-16-9-7-13/h3-10,12H,1-2H3,(H2,17,18,19). The predicted octanol–water partition coefficient (Wildman–Crippen LogP) is 3.44. The number of aryl methyl sites for hydroxylation is 1. The number of hydrogen-bond acceptors (Lipinski definition) is 2. The molecule has 98 valence electrons. The van der Waals surface area contributed by atoms with Gasteiger partial charge in [-0.05, 0) is 61.5 Å². The van der Waals surface area contributed by atoms with E-state index in [1.165, 1.54) is 5.56 Å². The Labute approximate surface area is 119 Å². The Hall–Kier alpha value is -1.94. The van der Waals surface area contributed by atoms with Gasteiger partial charge in [0.2, 0.25) is 0 Å². The Morgan fingerprint density at radius 3 is 2.63 bits per heavy atom. The monoisotopic (exact) mass is 271 g/mol. The van der Waals surface area contributed by atoms with Crippen LogP contribution in [0.1, 0.15) is 24.1 Å². The van der Waals surface area contributed by atoms with Gasteiger partial charge in [-0.25, -0.2) is 0 Å². The van der Waals surface area contributed by atoms with Gasteiger partial charge in [-0.3, -0.25) is 4.98 Å². The molecule has 3 nitrogen and oxygen atoms in total. The summed E-state index contributed by atoms with van der Waals surface area (Å²) in [5.41, 5.74) is 3.36. The first-order valence-electron chi connectivity index (χ1n) is 6.19. The lowest BCUT2D eigenvalue weighted by Crippen LogP contribution is -2.30. The number of nitrogens with one attached hydrogen (secondary N) is 2. The molecule has 0 bridgehead atoms. The second-order valence-electron chi connectivity index (χ2n) is 4.47. The van der Waals surface area contributed by atoms with Crippen LogP contribution >= 0.6 is 12.2 Å². The van der Waals surface area contributed by atoms with Crippen LogP contribution in [-0.4, -0.2) is 10.1 Å². The highest BCUT2D eigenvalue weighted by Crippen LogP contribution is 2.12. The molecule has 0 aliphatic rings. The van der Waals surface area contributed by atoms with Crippen molar-refractivity contribution in [3.63, 3.8) is 0 Å². The van der Waals surface area contributed by atoms with E-state index in [1.54, 1.807) is 12.4 Å². The Bertz CT molecular complexity index is 554. The number of benzene rings is 1. The van der Waals surface area contributed by atoms with Gasteiger partial charge in [0.25, 0.3) is 0 Å². The molecule has 1 aromatic carbocycles. The molecule has 0 amide bonds. The van der Waals surface area contributed by atoms with Crippen LogP contribution in [0.25, 0.3) is 0 Å². The van der Waals surface area contributed by atoms with Crippen molar-refractivity contribution in [2.75, 3.05) is 5.32 Å². The second kappa shape index (κ2) is 6.29. The van der Waals surface area contributed by atoms with Crippen molar-refractivity contribution in [3.8, 4) is 0 Å². The van der Waals surface area contributed by atoms with Crippen molar-refractivity contribution in [1.29, 1.82) is 0 Å². The van der Waals surface area contributed by atoms with Gasteiger partial charge in [0.1, 0.15) is 0 Å². The highest BCUT2D eigenvalue weighted by Gasteiger charge is 2.06. The van der Waals surface area contributed by atoms with Crippen LogP contribution < -0.4 is 10.6 Å². The number of anilines is 1. The van der Waals surface area contributed by atoms with Gasteiger partial charge in [-0.1, -0.05) is 12.1 Å². The van der Waals surface area contributed by atoms with E-state index in [1.807, 2.05) is 24.3 Å². The molecule has 0 fully saturated rings. The van der Waals surface area contributed by atoms with Gasteiger partial charge in [0.05, 0.1) is 6.04 Å². The zero-order valence-corrected chi connectivity index (χ0v) is 11.9. The van der Waals surface area contributed by atoms with Crippen molar-refractivity contribution < 1.29 is 0 Å². The fourth-order valence-corrected chi connectivity index (χ4v) is 2.12. The minimum atomic E-state index is 0.146. The molecular weight excluding hydrogens is 254 g/mol. The van der Waals surface area contributed by atoms with E-state index in [9.17, 15) is 0 Å². The van der Waals surface area contributed by atoms with Crippen LogP contribution in [0.4, 0.5) is 5.69 Å². The zero-order chi connectivity index (χ0) is 13.7. The molecule has 0 saturated heterocycles. The molecule has 1 aromatic heterocycles. The maximum absolute atomic E-state index is 5.32. The van der Waals surface area contributed by atoms with E-state index in [2.05, 4.69) is 41.6 Å². The third-order valence-corrected chi connectivity index (χ3v) is 3.05. The molecule has 1 atom stereocenters. The van der Waals surface area contributed by atoms with E-state index in [4.69, 9.17) is 12.2 Å². The highest BCUT2D eigenvalue weighted by atomic mass is 32.1. The van der Waals surface area contributed by atoms with Crippen LogP contribution in [0, 0.1) is 6.92 Å². The van der Waals surface area contributed by atoms with E-state index in [0.717, 1.165) is 11.3 Å². The molecule has 2 rings (SSSR count). The minimum Gasteiger partial charge on any atom is -0.356 e. The van der Waals surface area contributed by atoms with Crippen LogP contribution in [0.15, 0.2) is 48.8 Å². The Kier molecular flexibility index (Phi) is 4.47. The summed E-state index contributed by atoms with van der Waals surface area (Å²) in [6, 6.07) is 12.2. The number of nitrogens with zero attached hydrogens (tertiary/aromatic N) is 1. The molecule has 1 heterocycles. The number of pyridine rings is 1. The van der Waals surface area contributed by atoms with Gasteiger partial charge in [0, 0.05) is 18.1 Å². The predicted molar refractivity (Wildman–Crippen MR) is 83.2 cm³/mol. The molecule has 1 unspecified atom stereocenters. The normalized spacial score (nSPS) is 11.7. The lowest BCUT2D eigenvalue weighted by molar-refractivity contribution is 0.721. The smallest absolute Gasteiger partial charge is 0.171 e. The molecule has 2 N–H and O–H groups in total. The maximum Gasteiger partial charge on any atom is 0.171 e. The van der Waals surface area contributed by atoms with Crippen LogP contribution in [-0.2, 0) is 0 Å². The maximum atomic E-state index is 5.32. The molecule has 0 saturated carbocycles. The van der Waals surface area contributed by atoms with Crippen molar-refractivity contribution in [2.45, 2.75) is 19.9 Å². The first-order valence-corrected chi connectivity index (χ1v) is 6.60. The first-order chi connectivity index (χ1) is 9.15. The van der Waals surface area contributed by atoms with Crippen molar-refractivity contribution in [3.05, 3.63) is 59.9 Å². The Morgan fingerprint density at radius 1 is 1.21 bits per heavy atom. The van der Waals surface area contributed by atoms with Crippen molar-refractivity contribution >= 4 is 23.0 Å². The summed E-state index contributed by atoms with van der Waals surface area (Å²) in [7, 11) is 0. The van der Waals surface area contributed by atoms with E-state index >= 15 is 0 Å². The fourth-order valence-electron chi connectivity index (χ4n) is 1.82. The average molecular weight is 271 g/mol. The third-order valence-electron chi connectivity index (χ3n) is 2.83. The largest absolute Gasteiger partial charge is 0.356 e. The first kappa shape index (κ1) is 13.5. The lowest BCUT2D eigenvalue weighted by atomic mass is 10.1. The fraction of sp³-hybridized carbons (Fsp3) is 0.200. The minimum absolute atomic E-state index is 0.146. The average Bonchev–Trinajstić information content (AvgIpc) is 2.39. The van der Waals surface area contributed by atoms with Crippen LogP contribution in [0.3, 0.4) is 0 Å². The summed E-state index contributed by atoms with van der Waals surface area (Å²) < 4.78 is 0. The van der Waals surface area contributed by atoms with E-state index in [-0.39, 0.29) is 6.04 Å². The molecule has 0 radical (unpaired) electrons. The molecule has 4 heteroatoms. The molecule has 0 aliphatic carbocycles. The van der Waals surface area contributed by atoms with Gasteiger partial charge in [-0.2, -0.15) is 0 Å². The molecular formula is C15H17N3S. The molecule has 19 heavy (non-hydrogen) atoms. The van der Waals surface area contributed by atoms with Crippen LogP contribution in [0.2, 0.25) is 0 Å². The van der Waals surface area contributed by atoms with E-state index < -0.39 is 0 Å². The summed E-state index contributed by atoms with van der Waals surface area (Å²) in [5.74, 6) is 0. The molecule has 2 aromatic rings. The van der Waals surface area contributed by atoms with Gasteiger partial charge >= 0.3 is 0 Å². The summed E-state index contributed by atoms with van der Waals surface area (Å²) in [5, 5.41) is 7.07. The Morgan fingerprint density at radius 2 is 1.95 bits per heavy atom. The molecule has 0 aliphatic heterocycles. The van der Waals surface area contributed by atoms with Crippen LogP contribution in [0.5, 0.6) is 0 Å². The SMILES string of the molecule is Cc1cccc(NC(=S)NC(C)c2ccncc2)c1. The molecule has 0 spiro atoms. The summed E-state index contributed by atoms with van der Waals surface area (Å²) in [6.45, 7) is 4.13. The summed E-state index contributed by atoms with van der Waals surface area (Å²) >= 11 is 5.32. The van der Waals surface area contributed by atoms with Gasteiger partial charge in [-0.15, -0.1) is 0 Å². The topological polar surface area (TPSA) is 37.0 Å². The number of thiocarbonyl (C=S) groups is 1. The number of hydrogen-bond donors (Lipinski definition) is 2. The van der Waals surface area contributed by atoms with Crippen molar-refractivity contribution in [1.82, 2.24) is 10.3 Å². The quantitative estimate of drug-likeness (QED) is 0.839. The number of aromatic nitrogens is 1. The summed E-state index contributed by atoms with van der Waals surface area (Å²) in [4.78, 5) is 4.01. The summed E-state index contributed by atoms with van der Waals surface area (Å²) in [6.07, 6.45) is 3.56. The third kappa shape index (κ3) is 4.03. The highest BCUT2D eigenvalue weighted by molar-refractivity contribution is 7.80. The number of rotatable bonds is 3. The second-order valence-corrected chi connectivity index (χ2v) is 4.88. The van der Waals surface area contributed by atoms with Gasteiger partial charge in [0.15, 0.2) is 5.11 Å².